The van der Waals surface area contributed by atoms with E-state index in [4.69, 9.17) is 4.74 Å². The number of hydrogen-bond donors (Lipinski definition) is 0. The maximum Gasteiger partial charge on any atom is 0.341 e. The second-order valence-corrected chi connectivity index (χ2v) is 3.58. The van der Waals surface area contributed by atoms with Crippen molar-refractivity contribution >= 4 is 5.97 Å². The van der Waals surface area contributed by atoms with Crippen LogP contribution in [0.4, 0.5) is 4.39 Å². The summed E-state index contributed by atoms with van der Waals surface area (Å²) in [6, 6.07) is 3.76. The molecule has 92 valence electrons. The lowest BCUT2D eigenvalue weighted by molar-refractivity contribution is 0.0593. The van der Waals surface area contributed by atoms with Gasteiger partial charge in [-0.05, 0) is 25.1 Å². The molecule has 0 aliphatic carbocycles. The molecule has 0 aliphatic rings. The zero-order chi connectivity index (χ0) is 12.8. The monoisotopic (exact) mass is 238 g/mol. The van der Waals surface area contributed by atoms with Gasteiger partial charge in [-0.25, -0.2) is 9.18 Å². The number of benzene rings is 1. The number of esters is 1. The summed E-state index contributed by atoms with van der Waals surface area (Å²) in [5.74, 6) is -0.813. The van der Waals surface area contributed by atoms with E-state index >= 15 is 0 Å². The highest BCUT2D eigenvalue weighted by molar-refractivity contribution is 5.92. The van der Waals surface area contributed by atoms with Crippen LogP contribution in [0.15, 0.2) is 30.9 Å². The molecule has 0 bridgehead atoms. The Hall–Kier alpha value is -1.84. The molecule has 0 aliphatic heterocycles. The summed E-state index contributed by atoms with van der Waals surface area (Å²) in [5.41, 5.74) is 0.0865. The molecular weight excluding hydrogens is 223 g/mol. The van der Waals surface area contributed by atoms with Crippen molar-refractivity contribution in [1.29, 1.82) is 0 Å². The lowest BCUT2D eigenvalue weighted by atomic mass is 10.2. The van der Waals surface area contributed by atoms with E-state index in [1.165, 1.54) is 19.2 Å². The number of hydrogen-bond acceptors (Lipinski definition) is 3. The molecule has 0 fully saturated rings. The van der Waals surface area contributed by atoms with Gasteiger partial charge in [0.2, 0.25) is 0 Å². The number of carbonyl (C=O) groups is 1. The molecule has 0 unspecified atom stereocenters. The fourth-order valence-corrected chi connectivity index (χ4v) is 1.37. The third-order valence-corrected chi connectivity index (χ3v) is 2.17. The van der Waals surface area contributed by atoms with E-state index in [0.717, 1.165) is 6.07 Å². The van der Waals surface area contributed by atoms with E-state index in [-0.39, 0.29) is 11.7 Å². The minimum absolute atomic E-state index is 0.0865. The normalized spacial score (nSPS) is 11.7. The van der Waals surface area contributed by atoms with Gasteiger partial charge in [0.1, 0.15) is 17.1 Å². The van der Waals surface area contributed by atoms with Crippen LogP contribution in [0.1, 0.15) is 23.7 Å². The van der Waals surface area contributed by atoms with Crippen molar-refractivity contribution in [2.45, 2.75) is 19.4 Å². The highest BCUT2D eigenvalue weighted by atomic mass is 19.1. The minimum Gasteiger partial charge on any atom is -0.489 e. The third-order valence-electron chi connectivity index (χ3n) is 2.17. The van der Waals surface area contributed by atoms with Crippen LogP contribution in [0.5, 0.6) is 5.75 Å². The Kier molecular flexibility index (Phi) is 4.69. The van der Waals surface area contributed by atoms with Crippen molar-refractivity contribution in [3.8, 4) is 5.75 Å². The van der Waals surface area contributed by atoms with Gasteiger partial charge in [0, 0.05) is 6.42 Å². The fraction of sp³-hybridized carbons (Fsp3) is 0.308. The minimum atomic E-state index is -0.620. The van der Waals surface area contributed by atoms with E-state index in [1.54, 1.807) is 6.08 Å². The Morgan fingerprint density at radius 2 is 2.29 bits per heavy atom. The molecule has 0 heterocycles. The zero-order valence-electron chi connectivity index (χ0n) is 9.90. The van der Waals surface area contributed by atoms with Gasteiger partial charge < -0.3 is 9.47 Å². The van der Waals surface area contributed by atoms with Gasteiger partial charge in [-0.3, -0.25) is 0 Å². The molecule has 0 spiro atoms. The molecule has 4 heteroatoms. The summed E-state index contributed by atoms with van der Waals surface area (Å²) in [6.07, 6.45) is 2.21. The van der Waals surface area contributed by atoms with Crippen molar-refractivity contribution < 1.29 is 18.7 Å². The number of ether oxygens (including phenoxy) is 2. The van der Waals surface area contributed by atoms with Crippen LogP contribution >= 0.6 is 0 Å². The van der Waals surface area contributed by atoms with Gasteiger partial charge in [0.25, 0.3) is 0 Å². The van der Waals surface area contributed by atoms with Crippen LogP contribution in [0.3, 0.4) is 0 Å². The third kappa shape index (κ3) is 3.59. The summed E-state index contributed by atoms with van der Waals surface area (Å²) in [6.45, 7) is 5.44. The predicted molar refractivity (Wildman–Crippen MR) is 62.6 cm³/mol. The first kappa shape index (κ1) is 13.2. The molecule has 17 heavy (non-hydrogen) atoms. The summed E-state index contributed by atoms with van der Waals surface area (Å²) in [7, 11) is 1.24. The summed E-state index contributed by atoms with van der Waals surface area (Å²) in [4.78, 5) is 11.4. The van der Waals surface area contributed by atoms with Crippen LogP contribution in [0.25, 0.3) is 0 Å². The smallest absolute Gasteiger partial charge is 0.341 e. The molecule has 1 aromatic carbocycles. The molecule has 0 amide bonds. The Morgan fingerprint density at radius 3 is 2.88 bits per heavy atom. The lowest BCUT2D eigenvalue weighted by Gasteiger charge is -2.15. The van der Waals surface area contributed by atoms with Crippen LogP contribution in [-0.4, -0.2) is 19.2 Å². The average molecular weight is 238 g/mol. The number of methoxy groups -OCH3 is 1. The van der Waals surface area contributed by atoms with Crippen molar-refractivity contribution in [2.24, 2.45) is 0 Å². The molecule has 0 saturated heterocycles. The first-order chi connectivity index (χ1) is 8.08. The SMILES string of the molecule is C=CC[C@H](C)Oc1ccc(F)cc1C(=O)OC. The molecular formula is C13H15FO3. The Morgan fingerprint density at radius 1 is 1.59 bits per heavy atom. The molecule has 0 aromatic heterocycles. The van der Waals surface area contributed by atoms with E-state index in [2.05, 4.69) is 11.3 Å². The highest BCUT2D eigenvalue weighted by Gasteiger charge is 2.15. The molecule has 1 rings (SSSR count). The van der Waals surface area contributed by atoms with E-state index < -0.39 is 11.8 Å². The van der Waals surface area contributed by atoms with Crippen molar-refractivity contribution in [2.75, 3.05) is 7.11 Å². The Labute approximate surface area is 99.9 Å². The Balaban J connectivity index is 2.97. The van der Waals surface area contributed by atoms with Crippen LogP contribution in [0.2, 0.25) is 0 Å². The lowest BCUT2D eigenvalue weighted by Crippen LogP contribution is -2.14. The fourth-order valence-electron chi connectivity index (χ4n) is 1.37. The first-order valence-electron chi connectivity index (χ1n) is 5.24. The average Bonchev–Trinajstić information content (AvgIpc) is 2.30. The standard InChI is InChI=1S/C13H15FO3/c1-4-5-9(2)17-12-7-6-10(14)8-11(12)13(15)16-3/h4,6-9H,1,5H2,2-3H3/t9-/m0/s1. The number of rotatable bonds is 5. The predicted octanol–water partition coefficient (Wildman–Crippen LogP) is 2.96. The second kappa shape index (κ2) is 6.03. The number of halogens is 1. The second-order valence-electron chi connectivity index (χ2n) is 3.58. The summed E-state index contributed by atoms with van der Waals surface area (Å²) >= 11 is 0. The summed E-state index contributed by atoms with van der Waals surface area (Å²) in [5, 5.41) is 0. The van der Waals surface area contributed by atoms with Crippen molar-refractivity contribution in [3.05, 3.63) is 42.2 Å². The van der Waals surface area contributed by atoms with Crippen molar-refractivity contribution in [3.63, 3.8) is 0 Å². The molecule has 0 saturated carbocycles. The van der Waals surface area contributed by atoms with E-state index in [0.29, 0.717) is 12.2 Å². The maximum absolute atomic E-state index is 13.0. The van der Waals surface area contributed by atoms with Gasteiger partial charge in [-0.15, -0.1) is 6.58 Å². The van der Waals surface area contributed by atoms with Gasteiger partial charge in [-0.1, -0.05) is 6.08 Å². The van der Waals surface area contributed by atoms with Gasteiger partial charge >= 0.3 is 5.97 Å². The van der Waals surface area contributed by atoms with E-state index in [1.807, 2.05) is 6.92 Å². The maximum atomic E-state index is 13.0. The highest BCUT2D eigenvalue weighted by Crippen LogP contribution is 2.22. The number of carbonyl (C=O) groups excluding carboxylic acids is 1. The molecule has 0 radical (unpaired) electrons. The van der Waals surface area contributed by atoms with Crippen LogP contribution < -0.4 is 4.74 Å². The Bertz CT molecular complexity index is 415. The van der Waals surface area contributed by atoms with Crippen LogP contribution in [0, 0.1) is 5.82 Å². The molecule has 0 N–H and O–H groups in total. The van der Waals surface area contributed by atoms with E-state index in [9.17, 15) is 9.18 Å². The first-order valence-corrected chi connectivity index (χ1v) is 5.24. The zero-order valence-corrected chi connectivity index (χ0v) is 9.90. The molecule has 3 nitrogen and oxygen atoms in total. The van der Waals surface area contributed by atoms with Gasteiger partial charge in [0.05, 0.1) is 13.2 Å². The van der Waals surface area contributed by atoms with Gasteiger partial charge in [0.15, 0.2) is 0 Å². The summed E-state index contributed by atoms with van der Waals surface area (Å²) < 4.78 is 23.1. The van der Waals surface area contributed by atoms with Gasteiger partial charge in [-0.2, -0.15) is 0 Å². The topological polar surface area (TPSA) is 35.5 Å². The quantitative estimate of drug-likeness (QED) is 0.584. The molecule has 1 aromatic rings. The largest absolute Gasteiger partial charge is 0.489 e. The molecule has 1 atom stereocenters. The van der Waals surface area contributed by atoms with Crippen LogP contribution in [-0.2, 0) is 4.74 Å². The van der Waals surface area contributed by atoms with Crippen molar-refractivity contribution in [1.82, 2.24) is 0 Å².